The predicted molar refractivity (Wildman–Crippen MR) is 62.6 cm³/mol. The quantitative estimate of drug-likeness (QED) is 0.599. The molecule has 0 aromatic carbocycles. The summed E-state index contributed by atoms with van der Waals surface area (Å²) in [6.07, 6.45) is 1.49. The van der Waals surface area contributed by atoms with E-state index in [1.54, 1.807) is 5.38 Å². The summed E-state index contributed by atoms with van der Waals surface area (Å²) in [5.74, 6) is 0. The van der Waals surface area contributed by atoms with Crippen LogP contribution < -0.4 is 0 Å². The molecule has 0 aliphatic rings. The van der Waals surface area contributed by atoms with Gasteiger partial charge in [-0.3, -0.25) is 0 Å². The van der Waals surface area contributed by atoms with Crippen LogP contribution in [0.25, 0.3) is 0 Å². The third-order valence-corrected chi connectivity index (χ3v) is 3.64. The first-order valence-corrected chi connectivity index (χ1v) is 6.33. The highest BCUT2D eigenvalue weighted by Crippen LogP contribution is 2.18. The molecule has 1 aromatic rings. The van der Waals surface area contributed by atoms with E-state index in [-0.39, 0.29) is 4.75 Å². The molecule has 0 radical (unpaired) electrons. The van der Waals surface area contributed by atoms with Gasteiger partial charge in [-0.15, -0.1) is 11.3 Å². The Morgan fingerprint density at radius 2 is 2.29 bits per heavy atom. The van der Waals surface area contributed by atoms with Gasteiger partial charge in [-0.25, -0.2) is 4.98 Å². The fraction of sp³-hybridized carbons (Fsp3) is 0.500. The minimum atomic E-state index is -1.24. The van der Waals surface area contributed by atoms with Crippen molar-refractivity contribution in [1.82, 2.24) is 4.98 Å². The number of halogens is 1. The highest BCUT2D eigenvalue weighted by Gasteiger charge is 2.25. The number of hydrogen-bond acceptors (Lipinski definition) is 4. The molecule has 0 aliphatic carbocycles. The van der Waals surface area contributed by atoms with Crippen molar-refractivity contribution >= 4 is 40.5 Å². The molecule has 0 unspecified atom stereocenters. The molecule has 0 fully saturated rings. The van der Waals surface area contributed by atoms with Gasteiger partial charge in [0.05, 0.1) is 5.69 Å². The zero-order valence-electron chi connectivity index (χ0n) is 8.15. The minimum Gasteiger partial charge on any atom is -0.591 e. The van der Waals surface area contributed by atoms with Gasteiger partial charge in [0.15, 0.2) is 4.47 Å². The van der Waals surface area contributed by atoms with E-state index in [2.05, 4.69) is 9.38 Å². The molecule has 14 heavy (non-hydrogen) atoms. The van der Waals surface area contributed by atoms with E-state index in [4.69, 9.17) is 11.6 Å². The Morgan fingerprint density at radius 1 is 1.64 bits per heavy atom. The molecule has 0 saturated carbocycles. The Labute approximate surface area is 95.5 Å². The van der Waals surface area contributed by atoms with Crippen LogP contribution in [0.1, 0.15) is 26.5 Å². The van der Waals surface area contributed by atoms with Crippen LogP contribution in [0.2, 0.25) is 4.47 Å². The smallest absolute Gasteiger partial charge is 0.184 e. The first-order valence-electron chi connectivity index (χ1n) is 3.96. The summed E-state index contributed by atoms with van der Waals surface area (Å²) in [4.78, 5) is 3.96. The Balaban J connectivity index is 2.65. The summed E-state index contributed by atoms with van der Waals surface area (Å²) in [6, 6.07) is 0. The summed E-state index contributed by atoms with van der Waals surface area (Å²) in [7, 11) is 0. The Hall–Kier alpha value is -0.100. The molecule has 1 heterocycles. The molecule has 1 atom stereocenters. The lowest BCUT2D eigenvalue weighted by atomic mass is 10.3. The van der Waals surface area contributed by atoms with Crippen LogP contribution in [0.3, 0.4) is 0 Å². The van der Waals surface area contributed by atoms with Crippen molar-refractivity contribution in [2.75, 3.05) is 0 Å². The second-order valence-electron chi connectivity index (χ2n) is 3.62. The number of rotatable bonds is 2. The van der Waals surface area contributed by atoms with E-state index < -0.39 is 11.4 Å². The van der Waals surface area contributed by atoms with Crippen molar-refractivity contribution in [3.8, 4) is 0 Å². The van der Waals surface area contributed by atoms with Gasteiger partial charge in [0.25, 0.3) is 0 Å². The molecule has 1 aromatic heterocycles. The van der Waals surface area contributed by atoms with E-state index in [1.807, 2.05) is 20.8 Å². The number of aromatic nitrogens is 1. The molecule has 6 heteroatoms. The maximum absolute atomic E-state index is 11.5. The van der Waals surface area contributed by atoms with Gasteiger partial charge in [0.1, 0.15) is 22.3 Å². The molecule has 78 valence electrons. The van der Waals surface area contributed by atoms with Crippen molar-refractivity contribution < 1.29 is 4.55 Å². The second kappa shape index (κ2) is 4.61. The van der Waals surface area contributed by atoms with Crippen LogP contribution >= 0.6 is 22.9 Å². The minimum absolute atomic E-state index is 0.337. The lowest BCUT2D eigenvalue weighted by Crippen LogP contribution is -2.25. The van der Waals surface area contributed by atoms with Gasteiger partial charge in [-0.2, -0.15) is 0 Å². The lowest BCUT2D eigenvalue weighted by Gasteiger charge is -2.17. The van der Waals surface area contributed by atoms with Gasteiger partial charge in [-0.05, 0) is 20.8 Å². The highest BCUT2D eigenvalue weighted by molar-refractivity contribution is 7.91. The fourth-order valence-electron chi connectivity index (χ4n) is 0.582. The monoisotopic (exact) mass is 250 g/mol. The van der Waals surface area contributed by atoms with Crippen LogP contribution in [0.15, 0.2) is 9.78 Å². The molecule has 0 aliphatic heterocycles. The lowest BCUT2D eigenvalue weighted by molar-refractivity contribution is 0.562. The van der Waals surface area contributed by atoms with E-state index in [1.165, 1.54) is 17.6 Å². The summed E-state index contributed by atoms with van der Waals surface area (Å²) in [6.45, 7) is 5.61. The summed E-state index contributed by atoms with van der Waals surface area (Å²) in [5.41, 5.74) is 0.651. The van der Waals surface area contributed by atoms with E-state index in [9.17, 15) is 4.55 Å². The third-order valence-electron chi connectivity index (χ3n) is 1.30. The SMILES string of the molecule is CC(C)(C)[S@@+]([O-])N=Cc1csc(Cl)n1. The number of nitrogens with zero attached hydrogens (tertiary/aromatic N) is 2. The van der Waals surface area contributed by atoms with Crippen molar-refractivity contribution in [2.24, 2.45) is 4.40 Å². The van der Waals surface area contributed by atoms with Gasteiger partial charge >= 0.3 is 0 Å². The van der Waals surface area contributed by atoms with Crippen LogP contribution in [-0.2, 0) is 11.4 Å². The van der Waals surface area contributed by atoms with Crippen LogP contribution in [0, 0.1) is 0 Å². The number of thiazole rings is 1. The second-order valence-corrected chi connectivity index (χ2v) is 7.00. The summed E-state index contributed by atoms with van der Waals surface area (Å²) < 4.78 is 15.5. The molecule has 1 rings (SSSR count). The van der Waals surface area contributed by atoms with Crippen LogP contribution in [0.5, 0.6) is 0 Å². The van der Waals surface area contributed by atoms with E-state index in [0.29, 0.717) is 10.2 Å². The Kier molecular flexibility index (Phi) is 3.94. The van der Waals surface area contributed by atoms with Gasteiger partial charge in [-0.1, -0.05) is 16.0 Å². The molecule has 0 amide bonds. The highest BCUT2D eigenvalue weighted by atomic mass is 35.5. The number of hydrogen-bond donors (Lipinski definition) is 0. The van der Waals surface area contributed by atoms with Crippen molar-refractivity contribution in [3.05, 3.63) is 15.5 Å². The zero-order valence-corrected chi connectivity index (χ0v) is 10.5. The standard InChI is InChI=1S/C8H11ClN2OS2/c1-8(2,3)14(12)10-4-6-5-13-7(9)11-6/h4-5H,1-3H3/t14-/m1/s1. The van der Waals surface area contributed by atoms with E-state index in [0.717, 1.165) is 0 Å². The maximum atomic E-state index is 11.5. The van der Waals surface area contributed by atoms with E-state index >= 15 is 0 Å². The van der Waals surface area contributed by atoms with Gasteiger partial charge in [0, 0.05) is 5.38 Å². The zero-order chi connectivity index (χ0) is 10.8. The predicted octanol–water partition coefficient (Wildman–Crippen LogP) is 2.68. The molecule has 0 spiro atoms. The Bertz CT molecular complexity index is 332. The third kappa shape index (κ3) is 3.57. The van der Waals surface area contributed by atoms with Gasteiger partial charge < -0.3 is 4.55 Å². The molecule has 0 N–H and O–H groups in total. The average molecular weight is 251 g/mol. The first kappa shape index (κ1) is 12.0. The maximum Gasteiger partial charge on any atom is 0.184 e. The molecule has 3 nitrogen and oxygen atoms in total. The largest absolute Gasteiger partial charge is 0.591 e. The first-order chi connectivity index (χ1) is 6.39. The summed E-state index contributed by atoms with van der Waals surface area (Å²) >= 11 is 5.73. The van der Waals surface area contributed by atoms with Crippen LogP contribution in [0.4, 0.5) is 0 Å². The molecule has 0 saturated heterocycles. The summed E-state index contributed by atoms with van der Waals surface area (Å²) in [5, 5.41) is 1.77. The van der Waals surface area contributed by atoms with Crippen molar-refractivity contribution in [2.45, 2.75) is 25.5 Å². The molecular formula is C8H11ClN2OS2. The molecule has 0 bridgehead atoms. The topological polar surface area (TPSA) is 48.3 Å². The van der Waals surface area contributed by atoms with Crippen molar-refractivity contribution in [3.63, 3.8) is 0 Å². The van der Waals surface area contributed by atoms with Crippen LogP contribution in [-0.4, -0.2) is 20.5 Å². The van der Waals surface area contributed by atoms with Crippen molar-refractivity contribution in [1.29, 1.82) is 0 Å². The normalized spacial score (nSPS) is 14.9. The fourth-order valence-corrected chi connectivity index (χ4v) is 1.82. The average Bonchev–Trinajstić information content (AvgIpc) is 2.45. The van der Waals surface area contributed by atoms with Gasteiger partial charge in [0.2, 0.25) is 0 Å². The Morgan fingerprint density at radius 3 is 2.71 bits per heavy atom. The molecular weight excluding hydrogens is 240 g/mol.